The number of benzene rings is 2. The number of carbonyl (C=O) groups is 1. The Morgan fingerprint density at radius 3 is 2.55 bits per heavy atom. The van der Waals surface area contributed by atoms with E-state index in [9.17, 15) is 15.0 Å². The maximum Gasteiger partial charge on any atom is 0.311 e. The molecule has 0 aliphatic heterocycles. The van der Waals surface area contributed by atoms with E-state index in [0.717, 1.165) is 22.3 Å². The fourth-order valence-corrected chi connectivity index (χ4v) is 2.38. The molecule has 2 N–H and O–H groups in total. The lowest BCUT2D eigenvalue weighted by Crippen LogP contribution is -2.15. The van der Waals surface area contributed by atoms with Gasteiger partial charge in [-0.3, -0.25) is 4.79 Å². The Balaban J connectivity index is 2.37. The highest BCUT2D eigenvalue weighted by Crippen LogP contribution is 2.26. The van der Waals surface area contributed by atoms with Gasteiger partial charge in [0.2, 0.25) is 0 Å². The smallest absolute Gasteiger partial charge is 0.311 e. The molecule has 2 aromatic rings. The maximum atomic E-state index is 11.6. The van der Waals surface area contributed by atoms with Gasteiger partial charge in [0.15, 0.2) is 0 Å². The summed E-state index contributed by atoms with van der Waals surface area (Å²) in [5.74, 6) is -1.29. The summed E-state index contributed by atoms with van der Waals surface area (Å²) in [6.07, 6.45) is 0.369. The van der Waals surface area contributed by atoms with Crippen LogP contribution in [0.25, 0.3) is 0 Å². The highest BCUT2D eigenvalue weighted by atomic mass is 16.4. The van der Waals surface area contributed by atoms with Gasteiger partial charge >= 0.3 is 5.97 Å². The van der Waals surface area contributed by atoms with Crippen molar-refractivity contribution in [3.05, 3.63) is 64.7 Å². The van der Waals surface area contributed by atoms with E-state index >= 15 is 0 Å². The van der Waals surface area contributed by atoms with Crippen molar-refractivity contribution in [1.82, 2.24) is 0 Å². The first-order chi connectivity index (χ1) is 9.47. The summed E-state index contributed by atoms with van der Waals surface area (Å²) in [6.45, 7) is 3.88. The van der Waals surface area contributed by atoms with Gasteiger partial charge in [-0.2, -0.15) is 0 Å². The molecule has 0 bridgehead atoms. The van der Waals surface area contributed by atoms with Crippen molar-refractivity contribution >= 4 is 5.97 Å². The first kappa shape index (κ1) is 14.1. The fourth-order valence-electron chi connectivity index (χ4n) is 2.38. The van der Waals surface area contributed by atoms with E-state index in [-0.39, 0.29) is 5.75 Å². The molecular formula is C17H18O3. The van der Waals surface area contributed by atoms with Crippen LogP contribution in [0, 0.1) is 13.8 Å². The van der Waals surface area contributed by atoms with Gasteiger partial charge in [0.1, 0.15) is 5.75 Å². The number of aliphatic carboxylic acids is 1. The molecule has 3 nitrogen and oxygen atoms in total. The number of phenolic OH excluding ortho intramolecular Hbond substituents is 1. The van der Waals surface area contributed by atoms with Crippen molar-refractivity contribution in [3.63, 3.8) is 0 Å². The minimum atomic E-state index is -0.845. The van der Waals surface area contributed by atoms with Gasteiger partial charge in [-0.15, -0.1) is 0 Å². The number of hydrogen-bond acceptors (Lipinski definition) is 2. The highest BCUT2D eigenvalue weighted by Gasteiger charge is 2.22. The summed E-state index contributed by atoms with van der Waals surface area (Å²) >= 11 is 0. The Hall–Kier alpha value is -2.29. The number of aromatic hydroxyl groups is 1. The van der Waals surface area contributed by atoms with E-state index in [2.05, 4.69) is 0 Å². The van der Waals surface area contributed by atoms with Crippen LogP contribution in [0.1, 0.15) is 28.2 Å². The van der Waals surface area contributed by atoms with E-state index < -0.39 is 11.9 Å². The minimum Gasteiger partial charge on any atom is -0.508 e. The summed E-state index contributed by atoms with van der Waals surface area (Å²) < 4.78 is 0. The summed E-state index contributed by atoms with van der Waals surface area (Å²) in [7, 11) is 0. The average molecular weight is 270 g/mol. The highest BCUT2D eigenvalue weighted by molar-refractivity contribution is 5.77. The van der Waals surface area contributed by atoms with Crippen LogP contribution >= 0.6 is 0 Å². The Bertz CT molecular complexity index is 632. The maximum absolute atomic E-state index is 11.6. The molecule has 104 valence electrons. The Labute approximate surface area is 118 Å². The van der Waals surface area contributed by atoms with Crippen molar-refractivity contribution in [3.8, 4) is 5.75 Å². The van der Waals surface area contributed by atoms with Crippen molar-refractivity contribution in [2.75, 3.05) is 0 Å². The van der Waals surface area contributed by atoms with Gasteiger partial charge in [-0.25, -0.2) is 0 Å². The molecular weight excluding hydrogens is 252 g/mol. The molecule has 0 amide bonds. The van der Waals surface area contributed by atoms with Gasteiger partial charge in [-0.05, 0) is 49.1 Å². The van der Waals surface area contributed by atoms with E-state index in [1.54, 1.807) is 18.2 Å². The number of carboxylic acid groups (broad SMARTS) is 1. The zero-order valence-corrected chi connectivity index (χ0v) is 11.6. The monoisotopic (exact) mass is 270 g/mol. The van der Waals surface area contributed by atoms with Crippen molar-refractivity contribution < 1.29 is 15.0 Å². The summed E-state index contributed by atoms with van der Waals surface area (Å²) in [4.78, 5) is 11.6. The van der Waals surface area contributed by atoms with Crippen molar-refractivity contribution in [1.29, 1.82) is 0 Å². The second-order valence-corrected chi connectivity index (χ2v) is 5.12. The van der Waals surface area contributed by atoms with Crippen LogP contribution in [-0.4, -0.2) is 16.2 Å². The molecule has 1 unspecified atom stereocenters. The van der Waals surface area contributed by atoms with Crippen molar-refractivity contribution in [2.24, 2.45) is 0 Å². The molecule has 2 aromatic carbocycles. The predicted octanol–water partition coefficient (Wildman–Crippen LogP) is 3.42. The lowest BCUT2D eigenvalue weighted by atomic mass is 9.88. The van der Waals surface area contributed by atoms with Gasteiger partial charge in [0.25, 0.3) is 0 Å². The molecule has 0 fully saturated rings. The molecule has 0 saturated heterocycles. The molecule has 0 radical (unpaired) electrons. The first-order valence-electron chi connectivity index (χ1n) is 6.55. The van der Waals surface area contributed by atoms with Gasteiger partial charge < -0.3 is 10.2 Å². The first-order valence-corrected chi connectivity index (χ1v) is 6.55. The number of phenols is 1. The molecule has 0 aromatic heterocycles. The van der Waals surface area contributed by atoms with Crippen molar-refractivity contribution in [2.45, 2.75) is 26.2 Å². The molecule has 0 spiro atoms. The third-order valence-electron chi connectivity index (χ3n) is 3.46. The molecule has 20 heavy (non-hydrogen) atoms. The molecule has 0 heterocycles. The standard InChI is InChI=1S/C17H18O3/c1-11-6-7-12(2)15(8-11)16(17(19)20)10-13-4-3-5-14(18)9-13/h3-9,16,18H,10H2,1-2H3,(H,19,20). The topological polar surface area (TPSA) is 57.5 Å². The normalized spacial score (nSPS) is 12.1. The molecule has 0 aliphatic rings. The Morgan fingerprint density at radius 2 is 1.90 bits per heavy atom. The largest absolute Gasteiger partial charge is 0.508 e. The lowest BCUT2D eigenvalue weighted by molar-refractivity contribution is -0.138. The van der Waals surface area contributed by atoms with Crippen LogP contribution in [0.5, 0.6) is 5.75 Å². The van der Waals surface area contributed by atoms with E-state index in [1.807, 2.05) is 38.1 Å². The minimum absolute atomic E-state index is 0.160. The zero-order valence-electron chi connectivity index (χ0n) is 11.6. The van der Waals surface area contributed by atoms with Gasteiger partial charge in [0.05, 0.1) is 5.92 Å². The van der Waals surface area contributed by atoms with Crippen LogP contribution < -0.4 is 0 Å². The van der Waals surface area contributed by atoms with Gasteiger partial charge in [-0.1, -0.05) is 35.9 Å². The van der Waals surface area contributed by atoms with E-state index in [4.69, 9.17) is 0 Å². The predicted molar refractivity (Wildman–Crippen MR) is 78.1 cm³/mol. The zero-order chi connectivity index (χ0) is 14.7. The van der Waals surface area contributed by atoms with E-state index in [1.165, 1.54) is 0 Å². The quantitative estimate of drug-likeness (QED) is 0.895. The fraction of sp³-hybridized carbons (Fsp3) is 0.235. The second-order valence-electron chi connectivity index (χ2n) is 5.12. The SMILES string of the molecule is Cc1ccc(C)c(C(Cc2cccc(O)c2)C(=O)O)c1. The van der Waals surface area contributed by atoms with E-state index in [0.29, 0.717) is 6.42 Å². The molecule has 1 atom stereocenters. The molecule has 0 saturated carbocycles. The average Bonchev–Trinajstić information content (AvgIpc) is 2.39. The van der Waals surface area contributed by atoms with Crippen LogP contribution in [0.4, 0.5) is 0 Å². The molecule has 0 aliphatic carbocycles. The summed E-state index contributed by atoms with van der Waals surface area (Å²) in [5, 5.41) is 19.0. The third kappa shape index (κ3) is 3.18. The van der Waals surface area contributed by atoms with Crippen LogP contribution in [0.3, 0.4) is 0 Å². The van der Waals surface area contributed by atoms with Gasteiger partial charge in [0, 0.05) is 0 Å². The Morgan fingerprint density at radius 1 is 1.15 bits per heavy atom. The molecule has 2 rings (SSSR count). The summed E-state index contributed by atoms with van der Waals surface area (Å²) in [6, 6.07) is 12.6. The lowest BCUT2D eigenvalue weighted by Gasteiger charge is -2.16. The van der Waals surface area contributed by atoms with Crippen LogP contribution in [0.15, 0.2) is 42.5 Å². The van der Waals surface area contributed by atoms with Crippen LogP contribution in [0.2, 0.25) is 0 Å². The number of carboxylic acids is 1. The number of aryl methyl sites for hydroxylation is 2. The molecule has 3 heteroatoms. The third-order valence-corrected chi connectivity index (χ3v) is 3.46. The number of rotatable bonds is 4. The number of hydrogen-bond donors (Lipinski definition) is 2. The Kier molecular flexibility index (Phi) is 4.08. The summed E-state index contributed by atoms with van der Waals surface area (Å²) in [5.41, 5.74) is 3.68. The van der Waals surface area contributed by atoms with Crippen LogP contribution in [-0.2, 0) is 11.2 Å². The second kappa shape index (κ2) is 5.78.